The molecule has 0 saturated carbocycles. The van der Waals surface area contributed by atoms with Gasteiger partial charge in [-0.15, -0.1) is 6.42 Å². The maximum Gasteiger partial charge on any atom is 0.165 e. The number of hydrogen-bond donors (Lipinski definition) is 1. The summed E-state index contributed by atoms with van der Waals surface area (Å²) in [7, 11) is 0. The van der Waals surface area contributed by atoms with Crippen LogP contribution in [0.3, 0.4) is 0 Å². The van der Waals surface area contributed by atoms with Crippen molar-refractivity contribution in [2.45, 2.75) is 19.3 Å². The zero-order valence-electron chi connectivity index (χ0n) is 7.63. The largest absolute Gasteiger partial charge is 0.505 e. The second-order valence-electron chi connectivity index (χ2n) is 3.44. The molecule has 2 heteroatoms. The van der Waals surface area contributed by atoms with Crippen molar-refractivity contribution in [3.05, 3.63) is 29.6 Å². The van der Waals surface area contributed by atoms with Gasteiger partial charge in [-0.1, -0.05) is 12.0 Å². The molecule has 1 rings (SSSR count). The Bertz CT molecular complexity index is 361. The van der Waals surface area contributed by atoms with E-state index in [0.29, 0.717) is 5.56 Å². The van der Waals surface area contributed by atoms with Gasteiger partial charge in [0.2, 0.25) is 0 Å². The van der Waals surface area contributed by atoms with Gasteiger partial charge in [0.25, 0.3) is 0 Å². The van der Waals surface area contributed by atoms with E-state index in [0.717, 1.165) is 0 Å². The molecule has 1 aromatic rings. The van der Waals surface area contributed by atoms with E-state index in [9.17, 15) is 4.39 Å². The summed E-state index contributed by atoms with van der Waals surface area (Å²) in [5.41, 5.74) is 0.180. The van der Waals surface area contributed by atoms with Crippen LogP contribution in [0.15, 0.2) is 18.2 Å². The highest BCUT2D eigenvalue weighted by atomic mass is 19.1. The summed E-state index contributed by atoms with van der Waals surface area (Å²) >= 11 is 0. The lowest BCUT2D eigenvalue weighted by Crippen LogP contribution is -2.13. The summed E-state index contributed by atoms with van der Waals surface area (Å²) < 4.78 is 12.9. The first-order valence-electron chi connectivity index (χ1n) is 3.94. The predicted octanol–water partition coefficient (Wildman–Crippen LogP) is 2.44. The fourth-order valence-electron chi connectivity index (χ4n) is 0.979. The van der Waals surface area contributed by atoms with Crippen LogP contribution in [0, 0.1) is 18.2 Å². The summed E-state index contributed by atoms with van der Waals surface area (Å²) in [4.78, 5) is 0. The van der Waals surface area contributed by atoms with Gasteiger partial charge in [0, 0.05) is 0 Å². The molecule has 0 aliphatic carbocycles. The fraction of sp³-hybridized carbons (Fsp3) is 0.273. The molecule has 0 aromatic heterocycles. The van der Waals surface area contributed by atoms with Gasteiger partial charge in [0.15, 0.2) is 11.6 Å². The normalized spacial score (nSPS) is 10.9. The molecular weight excluding hydrogens is 167 g/mol. The van der Waals surface area contributed by atoms with E-state index in [-0.39, 0.29) is 5.75 Å². The average Bonchev–Trinajstić information content (AvgIpc) is 2.09. The van der Waals surface area contributed by atoms with Crippen molar-refractivity contribution < 1.29 is 9.50 Å². The van der Waals surface area contributed by atoms with E-state index in [2.05, 4.69) is 5.92 Å². The van der Waals surface area contributed by atoms with Gasteiger partial charge >= 0.3 is 0 Å². The highest BCUT2D eigenvalue weighted by molar-refractivity contribution is 5.36. The SMILES string of the molecule is C#CC(C)(C)c1ccc(O)c(F)c1. The molecule has 0 aliphatic heterocycles. The molecule has 0 bridgehead atoms. The molecule has 0 spiro atoms. The summed E-state index contributed by atoms with van der Waals surface area (Å²) in [5, 5.41) is 8.96. The van der Waals surface area contributed by atoms with E-state index in [1.54, 1.807) is 6.07 Å². The topological polar surface area (TPSA) is 20.2 Å². The Kier molecular flexibility index (Phi) is 2.29. The zero-order chi connectivity index (χ0) is 10.1. The highest BCUT2D eigenvalue weighted by Crippen LogP contribution is 2.26. The van der Waals surface area contributed by atoms with Crippen molar-refractivity contribution in [3.8, 4) is 18.1 Å². The van der Waals surface area contributed by atoms with Crippen LogP contribution in [0.2, 0.25) is 0 Å². The zero-order valence-corrected chi connectivity index (χ0v) is 7.63. The standard InChI is InChI=1S/C11H11FO/c1-4-11(2,3)8-5-6-10(13)9(12)7-8/h1,5-7,13H,2-3H3. The van der Waals surface area contributed by atoms with Gasteiger partial charge in [0.1, 0.15) is 0 Å². The lowest BCUT2D eigenvalue weighted by molar-refractivity contribution is 0.431. The van der Waals surface area contributed by atoms with E-state index < -0.39 is 11.2 Å². The van der Waals surface area contributed by atoms with Crippen molar-refractivity contribution in [2.24, 2.45) is 0 Å². The number of aromatic hydroxyl groups is 1. The summed E-state index contributed by atoms with van der Waals surface area (Å²) in [6.07, 6.45) is 5.29. The Morgan fingerprint density at radius 2 is 2.08 bits per heavy atom. The van der Waals surface area contributed by atoms with Gasteiger partial charge in [0.05, 0.1) is 5.41 Å². The third-order valence-electron chi connectivity index (χ3n) is 2.03. The molecular formula is C11H11FO. The lowest BCUT2D eigenvalue weighted by atomic mass is 9.86. The summed E-state index contributed by atoms with van der Waals surface area (Å²) in [5.74, 6) is 1.57. The number of halogens is 1. The van der Waals surface area contributed by atoms with Crippen LogP contribution in [0.4, 0.5) is 4.39 Å². The molecule has 0 amide bonds. The Morgan fingerprint density at radius 1 is 1.46 bits per heavy atom. The van der Waals surface area contributed by atoms with Crippen LogP contribution in [0.5, 0.6) is 5.75 Å². The molecule has 0 aliphatic rings. The van der Waals surface area contributed by atoms with Gasteiger partial charge < -0.3 is 5.11 Å². The predicted molar refractivity (Wildman–Crippen MR) is 49.9 cm³/mol. The molecule has 0 saturated heterocycles. The van der Waals surface area contributed by atoms with E-state index in [4.69, 9.17) is 11.5 Å². The molecule has 13 heavy (non-hydrogen) atoms. The minimum Gasteiger partial charge on any atom is -0.505 e. The van der Waals surface area contributed by atoms with E-state index >= 15 is 0 Å². The summed E-state index contributed by atoms with van der Waals surface area (Å²) in [6, 6.07) is 4.19. The first-order valence-corrected chi connectivity index (χ1v) is 3.94. The molecule has 0 fully saturated rings. The average molecular weight is 178 g/mol. The van der Waals surface area contributed by atoms with Gasteiger partial charge in [-0.3, -0.25) is 0 Å². The van der Waals surface area contributed by atoms with Crippen molar-refractivity contribution in [1.29, 1.82) is 0 Å². The maximum atomic E-state index is 12.9. The third-order valence-corrected chi connectivity index (χ3v) is 2.03. The first-order chi connectivity index (χ1) is 5.97. The smallest absolute Gasteiger partial charge is 0.165 e. The number of hydrogen-bond acceptors (Lipinski definition) is 1. The minimum absolute atomic E-state index is 0.350. The Hall–Kier alpha value is -1.49. The monoisotopic (exact) mass is 178 g/mol. The number of phenolic OH excluding ortho intramolecular Hbond substituents is 1. The minimum atomic E-state index is -0.638. The van der Waals surface area contributed by atoms with Gasteiger partial charge in [-0.05, 0) is 31.5 Å². The van der Waals surface area contributed by atoms with Gasteiger partial charge in [-0.25, -0.2) is 4.39 Å². The quantitative estimate of drug-likeness (QED) is 0.655. The van der Waals surface area contributed by atoms with Crippen LogP contribution in [-0.2, 0) is 5.41 Å². The highest BCUT2D eigenvalue weighted by Gasteiger charge is 2.18. The molecule has 0 unspecified atom stereocenters. The second-order valence-corrected chi connectivity index (χ2v) is 3.44. The van der Waals surface area contributed by atoms with Crippen LogP contribution in [0.1, 0.15) is 19.4 Å². The van der Waals surface area contributed by atoms with Crippen molar-refractivity contribution in [2.75, 3.05) is 0 Å². The Balaban J connectivity index is 3.20. The molecule has 1 aromatic carbocycles. The van der Waals surface area contributed by atoms with Crippen LogP contribution in [0.25, 0.3) is 0 Å². The fourth-order valence-corrected chi connectivity index (χ4v) is 0.979. The molecule has 68 valence electrons. The number of benzene rings is 1. The van der Waals surface area contributed by atoms with Crippen LogP contribution >= 0.6 is 0 Å². The summed E-state index contributed by atoms with van der Waals surface area (Å²) in [6.45, 7) is 3.64. The van der Waals surface area contributed by atoms with Crippen LogP contribution in [-0.4, -0.2) is 5.11 Å². The molecule has 0 heterocycles. The molecule has 0 atom stereocenters. The number of rotatable bonds is 1. The lowest BCUT2D eigenvalue weighted by Gasteiger charge is -2.17. The van der Waals surface area contributed by atoms with Crippen LogP contribution < -0.4 is 0 Å². The Morgan fingerprint density at radius 3 is 2.54 bits per heavy atom. The van der Waals surface area contributed by atoms with E-state index in [1.807, 2.05) is 13.8 Å². The molecule has 0 radical (unpaired) electrons. The molecule has 1 nitrogen and oxygen atoms in total. The van der Waals surface area contributed by atoms with Crippen molar-refractivity contribution >= 4 is 0 Å². The molecule has 1 N–H and O–H groups in total. The van der Waals surface area contributed by atoms with E-state index in [1.165, 1.54) is 12.1 Å². The Labute approximate surface area is 77.2 Å². The third kappa shape index (κ3) is 1.81. The number of terminal acetylenes is 1. The second kappa shape index (κ2) is 3.10. The first kappa shape index (κ1) is 9.60. The van der Waals surface area contributed by atoms with Crippen molar-refractivity contribution in [3.63, 3.8) is 0 Å². The maximum absolute atomic E-state index is 12.9. The van der Waals surface area contributed by atoms with Crippen molar-refractivity contribution in [1.82, 2.24) is 0 Å². The van der Waals surface area contributed by atoms with Gasteiger partial charge in [-0.2, -0.15) is 0 Å². The number of phenols is 1.